The van der Waals surface area contributed by atoms with Gasteiger partial charge in [-0.05, 0) is 31.7 Å². The van der Waals surface area contributed by atoms with E-state index < -0.39 is 0 Å². The summed E-state index contributed by atoms with van der Waals surface area (Å²) in [4.78, 5) is 12.4. The molecule has 0 aromatic heterocycles. The van der Waals surface area contributed by atoms with Gasteiger partial charge >= 0.3 is 0 Å². The van der Waals surface area contributed by atoms with E-state index in [0.717, 1.165) is 32.1 Å². The van der Waals surface area contributed by atoms with Gasteiger partial charge in [0.25, 0.3) is 0 Å². The van der Waals surface area contributed by atoms with Crippen LogP contribution in [0.4, 0.5) is 0 Å². The van der Waals surface area contributed by atoms with Crippen molar-refractivity contribution in [3.8, 4) is 0 Å². The lowest BCUT2D eigenvalue weighted by atomic mass is 9.84. The summed E-state index contributed by atoms with van der Waals surface area (Å²) in [5, 5.41) is 3.18. The Hall–Kier alpha value is -1.35. The van der Waals surface area contributed by atoms with Gasteiger partial charge in [0.05, 0.1) is 12.0 Å². The van der Waals surface area contributed by atoms with Crippen molar-refractivity contribution in [3.63, 3.8) is 0 Å². The molecule has 110 valence electrons. The first-order valence-corrected chi connectivity index (χ1v) is 7.74. The molecular formula is C17H26N2O. The Morgan fingerprint density at radius 1 is 1.30 bits per heavy atom. The second-order valence-electron chi connectivity index (χ2n) is 5.93. The van der Waals surface area contributed by atoms with Crippen molar-refractivity contribution < 1.29 is 4.79 Å². The fourth-order valence-corrected chi connectivity index (χ4v) is 2.98. The molecule has 0 aliphatic heterocycles. The number of benzene rings is 1. The van der Waals surface area contributed by atoms with Gasteiger partial charge in [-0.3, -0.25) is 4.79 Å². The lowest BCUT2D eigenvalue weighted by Gasteiger charge is -2.29. The van der Waals surface area contributed by atoms with Crippen molar-refractivity contribution >= 4 is 5.91 Å². The predicted molar refractivity (Wildman–Crippen MR) is 82.3 cm³/mol. The molecular weight excluding hydrogens is 248 g/mol. The maximum absolute atomic E-state index is 12.4. The fraction of sp³-hybridized carbons (Fsp3) is 0.588. The summed E-state index contributed by atoms with van der Waals surface area (Å²) in [7, 11) is 0. The van der Waals surface area contributed by atoms with Crippen molar-refractivity contribution in [1.82, 2.24) is 5.32 Å². The fourth-order valence-electron chi connectivity index (χ4n) is 2.98. The first kappa shape index (κ1) is 15.0. The van der Waals surface area contributed by atoms with Crippen molar-refractivity contribution in [2.45, 2.75) is 58.0 Å². The minimum atomic E-state index is -0.0109. The number of hydrogen-bond donors (Lipinski definition) is 2. The summed E-state index contributed by atoms with van der Waals surface area (Å²) in [6, 6.07) is 8.51. The van der Waals surface area contributed by atoms with Gasteiger partial charge in [0.2, 0.25) is 5.91 Å². The van der Waals surface area contributed by atoms with Gasteiger partial charge in [-0.1, -0.05) is 49.6 Å². The average molecular weight is 274 g/mol. The standard InChI is InChI=1S/C17H26N2O/c1-3-16(13-10-8-12(2)9-11-13)19-17(20)14-6-4-5-7-15(14)18/h8-11,14-16H,3-7,18H2,1-2H3,(H,19,20). The summed E-state index contributed by atoms with van der Waals surface area (Å²) in [6.45, 7) is 4.18. The quantitative estimate of drug-likeness (QED) is 0.886. The van der Waals surface area contributed by atoms with Crippen LogP contribution in [0.1, 0.15) is 56.2 Å². The molecule has 1 aliphatic rings. The highest BCUT2D eigenvalue weighted by Gasteiger charge is 2.29. The van der Waals surface area contributed by atoms with Crippen molar-refractivity contribution in [1.29, 1.82) is 0 Å². The van der Waals surface area contributed by atoms with Crippen LogP contribution in [0.5, 0.6) is 0 Å². The van der Waals surface area contributed by atoms with Crippen LogP contribution in [-0.4, -0.2) is 11.9 Å². The van der Waals surface area contributed by atoms with Crippen LogP contribution in [0.25, 0.3) is 0 Å². The first-order valence-electron chi connectivity index (χ1n) is 7.74. The largest absolute Gasteiger partial charge is 0.349 e. The predicted octanol–water partition coefficient (Wildman–Crippen LogP) is 3.08. The van der Waals surface area contributed by atoms with E-state index in [1.807, 2.05) is 0 Å². The van der Waals surface area contributed by atoms with E-state index >= 15 is 0 Å². The van der Waals surface area contributed by atoms with E-state index in [4.69, 9.17) is 5.73 Å². The van der Waals surface area contributed by atoms with E-state index in [1.165, 1.54) is 11.1 Å². The number of aryl methyl sites for hydroxylation is 1. The molecule has 0 radical (unpaired) electrons. The second-order valence-corrected chi connectivity index (χ2v) is 5.93. The molecule has 3 atom stereocenters. The Balaban J connectivity index is 2.02. The van der Waals surface area contributed by atoms with Gasteiger partial charge in [0.1, 0.15) is 0 Å². The molecule has 0 saturated heterocycles. The van der Waals surface area contributed by atoms with Gasteiger partial charge in [0, 0.05) is 6.04 Å². The molecule has 2 rings (SSSR count). The van der Waals surface area contributed by atoms with Crippen molar-refractivity contribution in [2.75, 3.05) is 0 Å². The number of carbonyl (C=O) groups excluding carboxylic acids is 1. The second kappa shape index (κ2) is 6.89. The molecule has 1 saturated carbocycles. The minimum Gasteiger partial charge on any atom is -0.349 e. The maximum Gasteiger partial charge on any atom is 0.225 e. The van der Waals surface area contributed by atoms with Gasteiger partial charge in [-0.2, -0.15) is 0 Å². The molecule has 0 heterocycles. The highest BCUT2D eigenvalue weighted by Crippen LogP contribution is 2.25. The number of amides is 1. The zero-order valence-electron chi connectivity index (χ0n) is 12.6. The Morgan fingerprint density at radius 2 is 1.95 bits per heavy atom. The van der Waals surface area contributed by atoms with E-state index in [-0.39, 0.29) is 23.9 Å². The van der Waals surface area contributed by atoms with Crippen molar-refractivity contribution in [2.24, 2.45) is 11.7 Å². The molecule has 1 aliphatic carbocycles. The third kappa shape index (κ3) is 3.60. The van der Waals surface area contributed by atoms with Crippen LogP contribution in [0.15, 0.2) is 24.3 Å². The lowest BCUT2D eigenvalue weighted by molar-refractivity contribution is -0.127. The third-order valence-electron chi connectivity index (χ3n) is 4.36. The molecule has 20 heavy (non-hydrogen) atoms. The summed E-state index contributed by atoms with van der Waals surface area (Å²) in [6.07, 6.45) is 5.07. The van der Waals surface area contributed by atoms with Crippen LogP contribution in [-0.2, 0) is 4.79 Å². The molecule has 1 aromatic carbocycles. The smallest absolute Gasteiger partial charge is 0.225 e. The SMILES string of the molecule is CCC(NC(=O)C1CCCCC1N)c1ccc(C)cc1. The van der Waals surface area contributed by atoms with Crippen LogP contribution < -0.4 is 11.1 Å². The molecule has 0 spiro atoms. The summed E-state index contributed by atoms with van der Waals surface area (Å²) < 4.78 is 0. The summed E-state index contributed by atoms with van der Waals surface area (Å²) in [5.74, 6) is 0.118. The monoisotopic (exact) mass is 274 g/mol. The van der Waals surface area contributed by atoms with E-state index in [0.29, 0.717) is 0 Å². The third-order valence-corrected chi connectivity index (χ3v) is 4.36. The summed E-state index contributed by atoms with van der Waals surface area (Å²) in [5.41, 5.74) is 8.51. The molecule has 1 amide bonds. The molecule has 3 unspecified atom stereocenters. The molecule has 3 N–H and O–H groups in total. The normalized spacial score (nSPS) is 24.1. The Bertz CT molecular complexity index is 441. The highest BCUT2D eigenvalue weighted by atomic mass is 16.2. The number of nitrogens with one attached hydrogen (secondary N) is 1. The Morgan fingerprint density at radius 3 is 2.55 bits per heavy atom. The number of nitrogens with two attached hydrogens (primary N) is 1. The minimum absolute atomic E-state index is 0.0109. The van der Waals surface area contributed by atoms with E-state index in [9.17, 15) is 4.79 Å². The molecule has 1 fully saturated rings. The van der Waals surface area contributed by atoms with Gasteiger partial charge in [-0.15, -0.1) is 0 Å². The van der Waals surface area contributed by atoms with Crippen LogP contribution in [0.2, 0.25) is 0 Å². The van der Waals surface area contributed by atoms with Gasteiger partial charge < -0.3 is 11.1 Å². The first-order chi connectivity index (χ1) is 9.61. The Kier molecular flexibility index (Phi) is 5.18. The molecule has 0 bridgehead atoms. The molecule has 3 heteroatoms. The lowest BCUT2D eigenvalue weighted by Crippen LogP contribution is -2.44. The average Bonchev–Trinajstić information content (AvgIpc) is 2.46. The maximum atomic E-state index is 12.4. The van der Waals surface area contributed by atoms with E-state index in [2.05, 4.69) is 43.4 Å². The van der Waals surface area contributed by atoms with E-state index in [1.54, 1.807) is 0 Å². The van der Waals surface area contributed by atoms with Gasteiger partial charge in [0.15, 0.2) is 0 Å². The number of hydrogen-bond acceptors (Lipinski definition) is 2. The zero-order valence-corrected chi connectivity index (χ0v) is 12.6. The van der Waals surface area contributed by atoms with Gasteiger partial charge in [-0.25, -0.2) is 0 Å². The summed E-state index contributed by atoms with van der Waals surface area (Å²) >= 11 is 0. The van der Waals surface area contributed by atoms with Crippen molar-refractivity contribution in [3.05, 3.63) is 35.4 Å². The van der Waals surface area contributed by atoms with Crippen LogP contribution in [0.3, 0.4) is 0 Å². The van der Waals surface area contributed by atoms with Crippen LogP contribution >= 0.6 is 0 Å². The molecule has 1 aromatic rings. The topological polar surface area (TPSA) is 55.1 Å². The number of carbonyl (C=O) groups is 1. The Labute approximate surface area is 121 Å². The number of rotatable bonds is 4. The zero-order chi connectivity index (χ0) is 14.5. The molecule has 3 nitrogen and oxygen atoms in total. The van der Waals surface area contributed by atoms with Crippen LogP contribution in [0, 0.1) is 12.8 Å². The highest BCUT2D eigenvalue weighted by molar-refractivity contribution is 5.80.